The van der Waals surface area contributed by atoms with Crippen LogP contribution >= 0.6 is 19.3 Å². The molecule has 2 atom stereocenters. The van der Waals surface area contributed by atoms with Crippen LogP contribution in [0.15, 0.2) is 36.9 Å². The van der Waals surface area contributed by atoms with Crippen LogP contribution in [0.1, 0.15) is 39.7 Å². The van der Waals surface area contributed by atoms with E-state index in [-0.39, 0.29) is 23.0 Å². The van der Waals surface area contributed by atoms with Gasteiger partial charge in [0.15, 0.2) is 11.5 Å². The van der Waals surface area contributed by atoms with Crippen molar-refractivity contribution in [2.24, 2.45) is 0 Å². The molecule has 3 N–H and O–H groups in total. The first-order chi connectivity index (χ1) is 17.1. The molecule has 0 aliphatic rings. The maximum Gasteiger partial charge on any atom is 0.342 e. The maximum absolute atomic E-state index is 14.0. The zero-order valence-corrected chi connectivity index (χ0v) is 22.4. The smallest absolute Gasteiger partial charge is 0.342 e. The van der Waals surface area contributed by atoms with Gasteiger partial charge in [0.1, 0.15) is 23.9 Å². The van der Waals surface area contributed by atoms with E-state index in [0.29, 0.717) is 29.0 Å². The molecule has 13 heteroatoms. The molecule has 36 heavy (non-hydrogen) atoms. The average Bonchev–Trinajstić information content (AvgIpc) is 3.25. The van der Waals surface area contributed by atoms with E-state index in [1.165, 1.54) is 24.2 Å². The highest BCUT2D eigenvalue weighted by Crippen LogP contribution is 2.46. The number of nitrogens with one attached hydrogen (secondary N) is 1. The summed E-state index contributed by atoms with van der Waals surface area (Å²) in [6.07, 6.45) is 3.05. The molecule has 2 aromatic heterocycles. The summed E-state index contributed by atoms with van der Waals surface area (Å²) < 4.78 is 27.5. The number of nitrogens with two attached hydrogens (primary N) is 1. The Balaban J connectivity index is 1.77. The number of hydrogen-bond acceptors (Lipinski definition) is 10. The summed E-state index contributed by atoms with van der Waals surface area (Å²) in [6.45, 7) is 7.46. The van der Waals surface area contributed by atoms with Gasteiger partial charge in [-0.15, -0.1) is 0 Å². The molecule has 0 bridgehead atoms. The number of carbonyl (C=O) groups excluding carboxylic acids is 1. The van der Waals surface area contributed by atoms with Crippen molar-refractivity contribution in [3.8, 4) is 11.8 Å². The number of nitrogen functional groups attached to an aromatic ring is 1. The fourth-order valence-electron chi connectivity index (χ4n) is 3.31. The van der Waals surface area contributed by atoms with Crippen LogP contribution in [0.2, 0.25) is 0 Å². The topological polar surface area (TPSA) is 158 Å². The molecule has 3 aromatic rings. The fraction of sp³-hybridized carbons (Fsp3) is 0.435. The van der Waals surface area contributed by atoms with Gasteiger partial charge in [-0.3, -0.25) is 9.36 Å². The van der Waals surface area contributed by atoms with E-state index in [1.807, 2.05) is 19.9 Å². The number of hydrogen-bond donors (Lipinski definition) is 2. The number of ether oxygens (including phenoxy) is 1. The molecule has 0 amide bonds. The predicted molar refractivity (Wildman–Crippen MR) is 140 cm³/mol. The van der Waals surface area contributed by atoms with Gasteiger partial charge in [0.25, 0.3) is 0 Å². The molecule has 2 heterocycles. The summed E-state index contributed by atoms with van der Waals surface area (Å²) in [6, 6.07) is 8.36. The van der Waals surface area contributed by atoms with Gasteiger partial charge in [-0.05, 0) is 45.4 Å². The zero-order valence-electron chi connectivity index (χ0n) is 20.7. The lowest BCUT2D eigenvalue weighted by Crippen LogP contribution is -2.45. The summed E-state index contributed by atoms with van der Waals surface area (Å²) in [7, 11) is -3.77. The third kappa shape index (κ3) is 7.04. The quantitative estimate of drug-likeness (QED) is 0.326. The highest BCUT2D eigenvalue weighted by molar-refractivity contribution is 8.13. The molecule has 1 unspecified atom stereocenters. The lowest BCUT2D eigenvalue weighted by molar-refractivity contribution is -0.115. The van der Waals surface area contributed by atoms with Crippen LogP contribution in [0.25, 0.3) is 11.2 Å². The second kappa shape index (κ2) is 11.8. The third-order valence-corrected chi connectivity index (χ3v) is 8.31. The fourth-order valence-corrected chi connectivity index (χ4v) is 6.21. The van der Waals surface area contributed by atoms with Crippen LogP contribution in [-0.4, -0.2) is 48.4 Å². The predicted octanol–water partition coefficient (Wildman–Crippen LogP) is 3.95. The van der Waals surface area contributed by atoms with Crippen LogP contribution in [0.3, 0.4) is 0 Å². The Labute approximate surface area is 214 Å². The van der Waals surface area contributed by atoms with Gasteiger partial charge < -0.3 is 19.6 Å². The Morgan fingerprint density at radius 2 is 2.14 bits per heavy atom. The Kier molecular flexibility index (Phi) is 9.08. The molecule has 0 saturated heterocycles. The number of nitriles is 1. The summed E-state index contributed by atoms with van der Waals surface area (Å²) >= 11 is 1.17. The van der Waals surface area contributed by atoms with E-state index >= 15 is 0 Å². The second-order valence-corrected chi connectivity index (χ2v) is 11.8. The number of benzene rings is 1. The van der Waals surface area contributed by atoms with Crippen LogP contribution < -0.4 is 15.3 Å². The van der Waals surface area contributed by atoms with E-state index < -0.39 is 19.2 Å². The molecule has 3 rings (SSSR count). The summed E-state index contributed by atoms with van der Waals surface area (Å²) in [5.41, 5.74) is 6.11. The highest BCUT2D eigenvalue weighted by atomic mass is 32.2. The summed E-state index contributed by atoms with van der Waals surface area (Å²) in [5.74, 6) is 1.17. The van der Waals surface area contributed by atoms with Crippen molar-refractivity contribution in [3.63, 3.8) is 0 Å². The van der Waals surface area contributed by atoms with E-state index in [2.05, 4.69) is 20.0 Å². The van der Waals surface area contributed by atoms with E-state index in [1.54, 1.807) is 42.9 Å². The lowest BCUT2D eigenvalue weighted by atomic mass is 10.1. The number of rotatable bonds is 12. The first kappa shape index (κ1) is 27.6. The lowest BCUT2D eigenvalue weighted by Gasteiger charge is -2.30. The van der Waals surface area contributed by atoms with Crippen LogP contribution in [0.4, 0.5) is 5.82 Å². The normalized spacial score (nSPS) is 14.2. The Hall–Kier alpha value is -2.97. The zero-order chi connectivity index (χ0) is 26.3. The monoisotopic (exact) mass is 531 g/mol. The van der Waals surface area contributed by atoms with Gasteiger partial charge in [-0.1, -0.05) is 24.8 Å². The molecular weight excluding hydrogens is 501 g/mol. The van der Waals surface area contributed by atoms with Crippen molar-refractivity contribution in [3.05, 3.63) is 42.5 Å². The Morgan fingerprint density at radius 1 is 1.36 bits per heavy atom. The minimum atomic E-state index is -3.77. The van der Waals surface area contributed by atoms with E-state index in [9.17, 15) is 14.6 Å². The number of anilines is 1. The second-order valence-electron chi connectivity index (χ2n) is 8.71. The number of fused-ring (bicyclic) bond motifs is 1. The molecule has 0 saturated carbocycles. The maximum atomic E-state index is 14.0. The van der Waals surface area contributed by atoms with Crippen molar-refractivity contribution < 1.29 is 18.6 Å². The molecule has 11 nitrogen and oxygen atoms in total. The van der Waals surface area contributed by atoms with Crippen LogP contribution in [0, 0.1) is 11.3 Å². The van der Waals surface area contributed by atoms with Crippen LogP contribution in [-0.2, 0) is 20.6 Å². The standard InChI is InChI=1S/C23H30N7O4PS/c1-5-9-36-22(31)23(3,4)29-35(32,34-18-8-6-7-17(10-18)11-24)15-33-16(2)12-30-14-28-19-20(25)26-13-27-21(19)30/h6-8,10,13-14,16H,5,9,12,15H2,1-4H3,(H,29,32)(H2,25,26,27)/t16-,35?/m1/s1. The van der Waals surface area contributed by atoms with Gasteiger partial charge in [0.2, 0.25) is 5.12 Å². The first-order valence-corrected chi connectivity index (χ1v) is 14.1. The van der Waals surface area contributed by atoms with Crippen LogP contribution in [0.5, 0.6) is 5.75 Å². The number of aromatic nitrogens is 4. The molecule has 0 aliphatic carbocycles. The van der Waals surface area contributed by atoms with E-state index in [4.69, 9.17) is 15.0 Å². The molecule has 0 fully saturated rings. The number of carbonyl (C=O) groups is 1. The minimum absolute atomic E-state index is 0.158. The SMILES string of the molecule is CCCSC(=O)C(C)(C)NP(=O)(CO[C@H](C)Cn1cnc2c(N)ncnc21)Oc1cccc(C#N)c1. The van der Waals surface area contributed by atoms with Gasteiger partial charge >= 0.3 is 7.52 Å². The Bertz CT molecular complexity index is 1310. The van der Waals surface area contributed by atoms with Gasteiger partial charge in [-0.2, -0.15) is 5.26 Å². The molecule has 192 valence electrons. The third-order valence-electron chi connectivity index (χ3n) is 5.03. The molecule has 0 radical (unpaired) electrons. The van der Waals surface area contributed by atoms with Crippen molar-refractivity contribution in [2.45, 2.75) is 52.3 Å². The van der Waals surface area contributed by atoms with Crippen molar-refractivity contribution >= 4 is 41.4 Å². The molecule has 1 aromatic carbocycles. The Morgan fingerprint density at radius 3 is 2.86 bits per heavy atom. The molecule has 0 spiro atoms. The van der Waals surface area contributed by atoms with Crippen molar-refractivity contribution in [1.29, 1.82) is 5.26 Å². The van der Waals surface area contributed by atoms with Gasteiger partial charge in [-0.25, -0.2) is 20.0 Å². The minimum Gasteiger partial charge on any atom is -0.431 e. The number of nitrogens with zero attached hydrogens (tertiary/aromatic N) is 5. The highest BCUT2D eigenvalue weighted by Gasteiger charge is 2.38. The molecule has 0 aliphatic heterocycles. The first-order valence-electron chi connectivity index (χ1n) is 11.4. The largest absolute Gasteiger partial charge is 0.431 e. The van der Waals surface area contributed by atoms with Gasteiger partial charge in [0.05, 0.1) is 36.1 Å². The van der Waals surface area contributed by atoms with Crippen molar-refractivity contribution in [2.75, 3.05) is 17.8 Å². The summed E-state index contributed by atoms with van der Waals surface area (Å²) in [5, 5.41) is 12.0. The number of thioether (sulfide) groups is 1. The van der Waals surface area contributed by atoms with E-state index in [0.717, 1.165) is 6.42 Å². The molecular formula is C23H30N7O4PS. The number of imidazole rings is 1. The average molecular weight is 532 g/mol. The summed E-state index contributed by atoms with van der Waals surface area (Å²) in [4.78, 5) is 25.2. The van der Waals surface area contributed by atoms with Gasteiger partial charge in [0, 0.05) is 5.75 Å². The van der Waals surface area contributed by atoms with Crippen molar-refractivity contribution in [1.82, 2.24) is 24.6 Å².